The summed E-state index contributed by atoms with van der Waals surface area (Å²) in [6.45, 7) is 0. The second-order valence-electron chi connectivity index (χ2n) is 0. The van der Waals surface area contributed by atoms with E-state index < -0.39 is 0 Å². The standard InChI is InChI=1S/10ClH.H3NO/c;;;;;;;;;;1-2/h10*1H;2H,1H2. The van der Waals surface area contributed by atoms with Crippen molar-refractivity contribution in [3.8, 4) is 0 Å². The molecule has 0 aliphatic rings. The molecule has 0 amide bonds. The Balaban J connectivity index is -0.000000000111. The quantitative estimate of drug-likeness (QED) is 0.614. The van der Waals surface area contributed by atoms with Crippen LogP contribution in [0.1, 0.15) is 0 Å². The monoisotopic (exact) mass is 393 g/mol. The molecule has 0 saturated heterocycles. The molecule has 12 heavy (non-hydrogen) atoms. The van der Waals surface area contributed by atoms with Gasteiger partial charge in [0.25, 0.3) is 0 Å². The van der Waals surface area contributed by atoms with Crippen LogP contribution in [0.4, 0.5) is 0 Å². The molecule has 0 rings (SSSR count). The molecule has 0 saturated carbocycles. The van der Waals surface area contributed by atoms with Crippen LogP contribution in [-0.4, -0.2) is 5.21 Å². The Morgan fingerprint density at radius 3 is 0.333 bits per heavy atom. The first-order valence-electron chi connectivity index (χ1n) is 0.258. The third-order valence-corrected chi connectivity index (χ3v) is 0. The molecule has 94 valence electrons. The minimum atomic E-state index is 0. The van der Waals surface area contributed by atoms with Gasteiger partial charge in [-0.1, -0.05) is 0 Å². The van der Waals surface area contributed by atoms with Crippen molar-refractivity contribution in [3.05, 3.63) is 0 Å². The second-order valence-corrected chi connectivity index (χ2v) is 0. The van der Waals surface area contributed by atoms with Gasteiger partial charge in [0.05, 0.1) is 0 Å². The zero-order valence-electron chi connectivity index (χ0n) is 5.11. The molecule has 0 bridgehead atoms. The fraction of sp³-hybridized carbons (Fsp3) is 0. The topological polar surface area (TPSA) is 46.2 Å². The van der Waals surface area contributed by atoms with Crippen molar-refractivity contribution in [2.75, 3.05) is 0 Å². The molecule has 0 unspecified atom stereocenters. The van der Waals surface area contributed by atoms with Gasteiger partial charge in [-0.05, 0) is 0 Å². The van der Waals surface area contributed by atoms with Crippen molar-refractivity contribution in [3.63, 3.8) is 0 Å². The van der Waals surface area contributed by atoms with Gasteiger partial charge in [0.1, 0.15) is 0 Å². The van der Waals surface area contributed by atoms with Crippen LogP contribution in [0.25, 0.3) is 0 Å². The number of hydrogen-bond donors (Lipinski definition) is 2. The lowest BCUT2D eigenvalue weighted by Gasteiger charge is -1.27. The van der Waals surface area contributed by atoms with E-state index in [1.54, 1.807) is 0 Å². The molecule has 0 aliphatic heterocycles. The minimum Gasteiger partial charge on any atom is -0.320 e. The summed E-state index contributed by atoms with van der Waals surface area (Å²) in [4.78, 5) is 0. The van der Waals surface area contributed by atoms with Crippen molar-refractivity contribution in [1.29, 1.82) is 0 Å². The Hall–Kier alpha value is 2.82. The smallest absolute Gasteiger partial charge is 0.147 e. The van der Waals surface area contributed by atoms with Crippen LogP contribution in [0, 0.1) is 0 Å². The molecular weight excluding hydrogens is 385 g/mol. The number of rotatable bonds is 0. The molecule has 0 radical (unpaired) electrons. The van der Waals surface area contributed by atoms with Crippen molar-refractivity contribution < 1.29 is 5.21 Å². The van der Waals surface area contributed by atoms with Gasteiger partial charge in [0.15, 0.2) is 0 Å². The highest BCUT2D eigenvalue weighted by molar-refractivity contribution is 5.86. The predicted molar refractivity (Wildman–Crippen MR) is 78.5 cm³/mol. The van der Waals surface area contributed by atoms with Crippen molar-refractivity contribution in [2.45, 2.75) is 0 Å². The highest BCUT2D eigenvalue weighted by Gasteiger charge is 0.732. The van der Waals surface area contributed by atoms with Crippen LogP contribution in [-0.2, 0) is 0 Å². The van der Waals surface area contributed by atoms with Gasteiger partial charge in [-0.3, -0.25) is 0 Å². The van der Waals surface area contributed by atoms with Crippen LogP contribution >= 0.6 is 124 Å². The predicted octanol–water partition coefficient (Wildman–Crippen LogP) is 3.55. The molecule has 12 heteroatoms. The van der Waals surface area contributed by atoms with E-state index in [0.29, 0.717) is 0 Å². The summed E-state index contributed by atoms with van der Waals surface area (Å²) in [5.41, 5.74) is 0. The summed E-state index contributed by atoms with van der Waals surface area (Å²) in [6.07, 6.45) is 0. The first-order chi connectivity index (χ1) is 1.00. The first-order valence-corrected chi connectivity index (χ1v) is 0.258. The van der Waals surface area contributed by atoms with Gasteiger partial charge in [-0.2, -0.15) is 0 Å². The molecule has 0 aromatic carbocycles. The molecule has 0 spiro atoms. The Kier molecular flexibility index (Phi) is 4620. The Bertz CT molecular complexity index is 9.80. The third-order valence-electron chi connectivity index (χ3n) is 0. The lowest BCUT2D eigenvalue weighted by molar-refractivity contribution is 0.311. The van der Waals surface area contributed by atoms with Crippen LogP contribution in [0.15, 0.2) is 0 Å². The van der Waals surface area contributed by atoms with Gasteiger partial charge >= 0.3 is 0 Å². The van der Waals surface area contributed by atoms with Crippen LogP contribution in [0.2, 0.25) is 0 Å². The van der Waals surface area contributed by atoms with E-state index in [-0.39, 0.29) is 124 Å². The normalized spacial score (nSPS) is 0.500. The van der Waals surface area contributed by atoms with E-state index in [2.05, 4.69) is 5.90 Å². The summed E-state index contributed by atoms with van der Waals surface area (Å²) >= 11 is 0. The van der Waals surface area contributed by atoms with Crippen molar-refractivity contribution in [2.24, 2.45) is 5.90 Å². The molecule has 0 aromatic heterocycles. The van der Waals surface area contributed by atoms with Gasteiger partial charge in [0.2, 0.25) is 0 Å². The SMILES string of the molecule is Cl.Cl.Cl.Cl.Cl.Cl.Cl.Cl.Cl.Cl.NO. The zero-order valence-corrected chi connectivity index (χ0v) is 13.3. The molecule has 0 aliphatic carbocycles. The van der Waals surface area contributed by atoms with E-state index in [0.717, 1.165) is 0 Å². The molecular formula is H13Cl10NO. The summed E-state index contributed by atoms with van der Waals surface area (Å²) in [7, 11) is 0. The van der Waals surface area contributed by atoms with Crippen LogP contribution < -0.4 is 5.90 Å². The van der Waals surface area contributed by atoms with Gasteiger partial charge in [-0.25, -0.2) is 5.90 Å². The van der Waals surface area contributed by atoms with Crippen LogP contribution in [0.3, 0.4) is 0 Å². The summed E-state index contributed by atoms with van der Waals surface area (Å²) in [5, 5.41) is 6.50. The van der Waals surface area contributed by atoms with Crippen molar-refractivity contribution in [1.82, 2.24) is 0 Å². The van der Waals surface area contributed by atoms with Gasteiger partial charge in [-0.15, -0.1) is 124 Å². The second kappa shape index (κ2) is 286. The first kappa shape index (κ1) is 194. The van der Waals surface area contributed by atoms with E-state index in [9.17, 15) is 0 Å². The van der Waals surface area contributed by atoms with Gasteiger partial charge in [0, 0.05) is 0 Å². The molecule has 0 heterocycles. The molecule has 3 N–H and O–H groups in total. The fourth-order valence-corrected chi connectivity index (χ4v) is 0. The molecule has 2 nitrogen and oxygen atoms in total. The maximum atomic E-state index is 6.50. The maximum absolute atomic E-state index is 6.50. The van der Waals surface area contributed by atoms with Gasteiger partial charge < -0.3 is 5.21 Å². The fourth-order valence-electron chi connectivity index (χ4n) is 0. The largest absolute Gasteiger partial charge is 0.320 e. The number of hydrogen-bond acceptors (Lipinski definition) is 2. The summed E-state index contributed by atoms with van der Waals surface area (Å²) in [6, 6.07) is 0. The lowest BCUT2D eigenvalue weighted by Crippen LogP contribution is -1.72. The van der Waals surface area contributed by atoms with E-state index >= 15 is 0 Å². The minimum absolute atomic E-state index is 0. The molecule has 0 atom stereocenters. The van der Waals surface area contributed by atoms with Crippen LogP contribution in [0.5, 0.6) is 0 Å². The number of halogens is 10. The Morgan fingerprint density at radius 2 is 0.333 bits per heavy atom. The molecule has 0 aromatic rings. The highest BCUT2D eigenvalue weighted by Crippen LogP contribution is 0.699. The average Bonchev–Trinajstić information content (AvgIpc) is 1.00. The summed E-state index contributed by atoms with van der Waals surface area (Å²) < 4.78 is 0. The van der Waals surface area contributed by atoms with E-state index in [4.69, 9.17) is 5.21 Å². The Morgan fingerprint density at radius 1 is 0.333 bits per heavy atom. The molecule has 0 fully saturated rings. The average molecular weight is 398 g/mol. The van der Waals surface area contributed by atoms with E-state index in [1.165, 1.54) is 0 Å². The third kappa shape index (κ3) is 225. The number of nitrogens with two attached hydrogens (primary N) is 1. The van der Waals surface area contributed by atoms with E-state index in [1.807, 2.05) is 0 Å². The highest BCUT2D eigenvalue weighted by atomic mass is 35.5. The zero-order chi connectivity index (χ0) is 2.00. The summed E-state index contributed by atoms with van der Waals surface area (Å²) in [5.74, 6) is 3.50. The lowest BCUT2D eigenvalue weighted by atomic mass is 13.6. The Labute approximate surface area is 134 Å². The van der Waals surface area contributed by atoms with Crippen molar-refractivity contribution >= 4 is 124 Å². The maximum Gasteiger partial charge on any atom is -0.147 e.